The van der Waals surface area contributed by atoms with Crippen LogP contribution in [-0.2, 0) is 23.0 Å². The number of para-hydroxylation sites is 1. The monoisotopic (exact) mass is 409 g/mol. The summed E-state index contributed by atoms with van der Waals surface area (Å²) in [5, 5.41) is 16.1. The Balaban J connectivity index is 1.86. The maximum atomic E-state index is 13.0. The molecule has 0 fully saturated rings. The Morgan fingerprint density at radius 2 is 1.87 bits per heavy atom. The highest BCUT2D eigenvalue weighted by Gasteiger charge is 2.26. The number of fused-ring (bicyclic) bond motifs is 1. The molecule has 0 aliphatic rings. The lowest BCUT2D eigenvalue weighted by Gasteiger charge is -2.23. The summed E-state index contributed by atoms with van der Waals surface area (Å²) in [6, 6.07) is 13.3. The van der Waals surface area contributed by atoms with Crippen molar-refractivity contribution in [2.24, 2.45) is 7.05 Å². The van der Waals surface area contributed by atoms with Crippen molar-refractivity contribution in [2.75, 3.05) is 5.32 Å². The van der Waals surface area contributed by atoms with Gasteiger partial charge >= 0.3 is 6.09 Å². The maximum Gasteiger partial charge on any atom is 0.408 e. The molecule has 7 nitrogen and oxygen atoms in total. The first kappa shape index (κ1) is 21.2. The second kappa shape index (κ2) is 8.49. The summed E-state index contributed by atoms with van der Waals surface area (Å²) in [5.74, 6) is -0.363. The molecule has 2 aromatic carbocycles. The number of nitrogens with one attached hydrogen (secondary N) is 2. The number of anilines is 1. The minimum Gasteiger partial charge on any atom is -0.508 e. The van der Waals surface area contributed by atoms with Gasteiger partial charge in [-0.3, -0.25) is 4.79 Å². The van der Waals surface area contributed by atoms with Crippen molar-refractivity contribution in [1.82, 2.24) is 9.88 Å². The van der Waals surface area contributed by atoms with E-state index in [4.69, 9.17) is 4.74 Å². The number of aromatic hydroxyl groups is 1. The molecule has 0 spiro atoms. The lowest BCUT2D eigenvalue weighted by atomic mass is 10.0. The summed E-state index contributed by atoms with van der Waals surface area (Å²) in [6.45, 7) is 5.29. The van der Waals surface area contributed by atoms with E-state index in [9.17, 15) is 14.7 Å². The quantitative estimate of drug-likeness (QED) is 0.595. The number of hydrogen-bond donors (Lipinski definition) is 3. The van der Waals surface area contributed by atoms with Crippen molar-refractivity contribution in [1.29, 1.82) is 0 Å². The van der Waals surface area contributed by atoms with E-state index in [1.54, 1.807) is 32.9 Å². The number of phenols is 1. The maximum absolute atomic E-state index is 13.0. The van der Waals surface area contributed by atoms with E-state index in [2.05, 4.69) is 10.6 Å². The molecule has 0 saturated heterocycles. The average molecular weight is 409 g/mol. The molecule has 0 saturated carbocycles. The average Bonchev–Trinajstić information content (AvgIpc) is 2.96. The van der Waals surface area contributed by atoms with E-state index < -0.39 is 23.6 Å². The van der Waals surface area contributed by atoms with Crippen LogP contribution in [0.3, 0.4) is 0 Å². The molecule has 3 aromatic rings. The number of ether oxygens (including phenoxy) is 1. The van der Waals surface area contributed by atoms with Crippen LogP contribution in [0.15, 0.2) is 54.7 Å². The second-order valence-electron chi connectivity index (χ2n) is 8.22. The number of carbonyl (C=O) groups is 2. The number of hydrogen-bond acceptors (Lipinski definition) is 4. The van der Waals surface area contributed by atoms with Crippen LogP contribution in [0.4, 0.5) is 10.5 Å². The van der Waals surface area contributed by atoms with Gasteiger partial charge in [-0.1, -0.05) is 24.3 Å². The van der Waals surface area contributed by atoms with E-state index in [0.717, 1.165) is 16.5 Å². The molecule has 7 heteroatoms. The molecule has 0 radical (unpaired) electrons. The molecular weight excluding hydrogens is 382 g/mol. The summed E-state index contributed by atoms with van der Waals surface area (Å²) in [5.41, 5.74) is 1.72. The van der Waals surface area contributed by atoms with E-state index >= 15 is 0 Å². The van der Waals surface area contributed by atoms with E-state index in [0.29, 0.717) is 5.69 Å². The molecule has 1 heterocycles. The molecule has 3 N–H and O–H groups in total. The molecule has 1 aromatic heterocycles. The fraction of sp³-hybridized carbons (Fsp3) is 0.304. The van der Waals surface area contributed by atoms with Gasteiger partial charge in [0.15, 0.2) is 0 Å². The fourth-order valence-corrected chi connectivity index (χ4v) is 3.28. The smallest absolute Gasteiger partial charge is 0.408 e. The molecule has 3 rings (SSSR count). The van der Waals surface area contributed by atoms with Crippen molar-refractivity contribution in [3.63, 3.8) is 0 Å². The van der Waals surface area contributed by atoms with Crippen LogP contribution < -0.4 is 10.6 Å². The zero-order chi connectivity index (χ0) is 21.9. The Kier molecular flexibility index (Phi) is 6.01. The predicted molar refractivity (Wildman–Crippen MR) is 117 cm³/mol. The molecule has 0 bridgehead atoms. The van der Waals surface area contributed by atoms with Gasteiger partial charge in [-0.15, -0.1) is 0 Å². The van der Waals surface area contributed by atoms with E-state index in [-0.39, 0.29) is 12.2 Å². The highest BCUT2D eigenvalue weighted by atomic mass is 16.6. The third-order valence-corrected chi connectivity index (χ3v) is 4.52. The van der Waals surface area contributed by atoms with Crippen molar-refractivity contribution in [3.8, 4) is 5.75 Å². The Morgan fingerprint density at radius 3 is 2.57 bits per heavy atom. The minimum absolute atomic E-state index is 0.0403. The third kappa shape index (κ3) is 5.31. The lowest BCUT2D eigenvalue weighted by Crippen LogP contribution is -2.47. The Morgan fingerprint density at radius 1 is 1.13 bits per heavy atom. The molecule has 1 atom stereocenters. The Bertz CT molecular complexity index is 1070. The molecule has 0 aliphatic carbocycles. The summed E-state index contributed by atoms with van der Waals surface area (Å²) >= 11 is 0. The summed E-state index contributed by atoms with van der Waals surface area (Å²) < 4.78 is 7.33. The van der Waals surface area contributed by atoms with Gasteiger partial charge in [0.2, 0.25) is 5.91 Å². The van der Waals surface area contributed by atoms with Gasteiger partial charge in [-0.05, 0) is 44.5 Å². The first-order chi connectivity index (χ1) is 14.1. The van der Waals surface area contributed by atoms with Gasteiger partial charge in [-0.2, -0.15) is 0 Å². The van der Waals surface area contributed by atoms with Crippen LogP contribution in [0.5, 0.6) is 5.75 Å². The minimum atomic E-state index is -0.868. The van der Waals surface area contributed by atoms with Gasteiger partial charge in [0.1, 0.15) is 17.4 Å². The summed E-state index contributed by atoms with van der Waals surface area (Å²) in [6.07, 6.45) is 1.57. The Hall–Kier alpha value is -3.48. The highest BCUT2D eigenvalue weighted by molar-refractivity contribution is 5.97. The largest absolute Gasteiger partial charge is 0.508 e. The Labute approximate surface area is 175 Å². The van der Waals surface area contributed by atoms with Crippen molar-refractivity contribution < 1.29 is 19.4 Å². The number of alkyl carbamates (subject to hydrolysis) is 1. The van der Waals surface area contributed by atoms with Crippen molar-refractivity contribution >= 4 is 28.6 Å². The zero-order valence-corrected chi connectivity index (χ0v) is 17.6. The van der Waals surface area contributed by atoms with Gasteiger partial charge in [-0.25, -0.2) is 4.79 Å². The predicted octanol–water partition coefficient (Wildman–Crippen LogP) is 3.96. The molecule has 158 valence electrons. The van der Waals surface area contributed by atoms with Gasteiger partial charge in [0.25, 0.3) is 0 Å². The number of aryl methyl sites for hydroxylation is 1. The van der Waals surface area contributed by atoms with E-state index in [1.165, 1.54) is 12.1 Å². The number of carbonyl (C=O) groups excluding carboxylic acids is 2. The number of aromatic nitrogens is 1. The lowest BCUT2D eigenvalue weighted by molar-refractivity contribution is -0.118. The van der Waals surface area contributed by atoms with Crippen LogP contribution in [0.25, 0.3) is 10.9 Å². The first-order valence-corrected chi connectivity index (χ1v) is 9.75. The van der Waals surface area contributed by atoms with Crippen LogP contribution >= 0.6 is 0 Å². The van der Waals surface area contributed by atoms with Crippen LogP contribution in [-0.4, -0.2) is 33.3 Å². The number of nitrogens with zero attached hydrogens (tertiary/aromatic N) is 1. The summed E-state index contributed by atoms with van der Waals surface area (Å²) in [4.78, 5) is 25.4. The zero-order valence-electron chi connectivity index (χ0n) is 17.6. The van der Waals surface area contributed by atoms with Crippen LogP contribution in [0.1, 0.15) is 26.3 Å². The SMILES string of the molecule is Cn1cc(C[C@@H](NC(=O)OC(C)(C)C)C(=O)Nc2cccc(O)c2)c2ccccc21. The van der Waals surface area contributed by atoms with Crippen molar-refractivity contribution in [2.45, 2.75) is 38.8 Å². The number of benzene rings is 2. The standard InChI is InChI=1S/C23H27N3O4/c1-23(2,3)30-22(29)25-19(21(28)24-16-8-7-9-17(27)13-16)12-15-14-26(4)20-11-6-5-10-18(15)20/h5-11,13-14,19,27H,12H2,1-4H3,(H,24,28)(H,25,29)/t19-/m1/s1. The first-order valence-electron chi connectivity index (χ1n) is 9.75. The molecule has 0 unspecified atom stereocenters. The summed E-state index contributed by atoms with van der Waals surface area (Å²) in [7, 11) is 1.94. The fourth-order valence-electron chi connectivity index (χ4n) is 3.28. The molecule has 30 heavy (non-hydrogen) atoms. The normalized spacial score (nSPS) is 12.4. The van der Waals surface area contributed by atoms with Crippen LogP contribution in [0, 0.1) is 0 Å². The van der Waals surface area contributed by atoms with Gasteiger partial charge in [0, 0.05) is 42.3 Å². The molecular formula is C23H27N3O4. The molecule has 0 aliphatic heterocycles. The number of rotatable bonds is 5. The van der Waals surface area contributed by atoms with Crippen LogP contribution in [0.2, 0.25) is 0 Å². The molecule has 2 amide bonds. The highest BCUT2D eigenvalue weighted by Crippen LogP contribution is 2.22. The second-order valence-corrected chi connectivity index (χ2v) is 8.22. The third-order valence-electron chi connectivity index (χ3n) is 4.52. The topological polar surface area (TPSA) is 92.6 Å². The number of phenolic OH excluding ortho intramolecular Hbond substituents is 1. The van der Waals surface area contributed by atoms with E-state index in [1.807, 2.05) is 42.1 Å². The van der Waals surface area contributed by atoms with Gasteiger partial charge < -0.3 is 25.0 Å². The van der Waals surface area contributed by atoms with Crippen molar-refractivity contribution in [3.05, 3.63) is 60.3 Å². The van der Waals surface area contributed by atoms with Gasteiger partial charge in [0.05, 0.1) is 0 Å². The number of amides is 2.